The second-order valence-corrected chi connectivity index (χ2v) is 9.43. The van der Waals surface area contributed by atoms with Crippen LogP contribution >= 0.6 is 0 Å². The van der Waals surface area contributed by atoms with Gasteiger partial charge in [0.2, 0.25) is 5.90 Å². The zero-order valence-corrected chi connectivity index (χ0v) is 21.3. The molecule has 2 aliphatic rings. The largest absolute Gasteiger partial charge is 0.491 e. The number of rotatable bonds is 10. The van der Waals surface area contributed by atoms with Gasteiger partial charge in [-0.15, -0.1) is 0 Å². The van der Waals surface area contributed by atoms with Crippen molar-refractivity contribution in [3.05, 3.63) is 64.5 Å². The topological polar surface area (TPSA) is 70.0 Å². The van der Waals surface area contributed by atoms with Crippen molar-refractivity contribution < 1.29 is 19.0 Å². The van der Waals surface area contributed by atoms with Gasteiger partial charge in [-0.3, -0.25) is 9.78 Å². The predicted octanol–water partition coefficient (Wildman–Crippen LogP) is 6.15. The van der Waals surface area contributed by atoms with Crippen molar-refractivity contribution in [1.82, 2.24) is 4.98 Å². The lowest BCUT2D eigenvalue weighted by atomic mass is 10.0. The van der Waals surface area contributed by atoms with Crippen LogP contribution in [-0.4, -0.2) is 36.2 Å². The maximum atomic E-state index is 11.7. The van der Waals surface area contributed by atoms with Crippen molar-refractivity contribution in [2.75, 3.05) is 13.2 Å². The first-order valence-electron chi connectivity index (χ1n) is 12.8. The van der Waals surface area contributed by atoms with Crippen LogP contribution in [0.25, 0.3) is 5.70 Å². The maximum absolute atomic E-state index is 11.7. The van der Waals surface area contributed by atoms with E-state index in [0.717, 1.165) is 46.7 Å². The van der Waals surface area contributed by atoms with Crippen LogP contribution in [0, 0.1) is 6.92 Å². The summed E-state index contributed by atoms with van der Waals surface area (Å²) in [6, 6.07) is 8.31. The second-order valence-electron chi connectivity index (χ2n) is 9.43. The summed E-state index contributed by atoms with van der Waals surface area (Å²) >= 11 is 0. The molecule has 0 saturated heterocycles. The molecule has 0 spiro atoms. The molecule has 4 rings (SSSR count). The maximum Gasteiger partial charge on any atom is 0.305 e. The monoisotopic (exact) mass is 476 g/mol. The molecule has 186 valence electrons. The molecular weight excluding hydrogens is 440 g/mol. The Bertz CT molecular complexity index is 1120. The average molecular weight is 477 g/mol. The van der Waals surface area contributed by atoms with Gasteiger partial charge in [0.05, 0.1) is 25.0 Å². The van der Waals surface area contributed by atoms with Gasteiger partial charge in [0.25, 0.3) is 0 Å². The molecule has 0 bridgehead atoms. The molecule has 35 heavy (non-hydrogen) atoms. The summed E-state index contributed by atoms with van der Waals surface area (Å²) in [5.41, 5.74) is 6.27. The molecule has 1 aromatic heterocycles. The lowest BCUT2D eigenvalue weighted by Crippen LogP contribution is -2.10. The van der Waals surface area contributed by atoms with E-state index >= 15 is 0 Å². The molecule has 0 amide bonds. The van der Waals surface area contributed by atoms with E-state index in [1.807, 2.05) is 25.3 Å². The Morgan fingerprint density at radius 1 is 1.23 bits per heavy atom. The number of aromatic nitrogens is 1. The molecule has 1 aliphatic carbocycles. The molecule has 1 aromatic carbocycles. The van der Waals surface area contributed by atoms with E-state index in [-0.39, 0.29) is 12.1 Å². The van der Waals surface area contributed by atoms with Crippen LogP contribution < -0.4 is 4.74 Å². The SMILES string of the molecule is CCOC(=O)CCCc1nccc(C2=CCCOC(c3ccc(OC(C)C)c(C4CC4)c3)=N2)c1C. The molecule has 1 saturated carbocycles. The minimum atomic E-state index is -0.158. The van der Waals surface area contributed by atoms with Crippen LogP contribution in [0.3, 0.4) is 0 Å². The third-order valence-electron chi connectivity index (χ3n) is 6.24. The van der Waals surface area contributed by atoms with Gasteiger partial charge in [-0.1, -0.05) is 6.08 Å². The number of ether oxygens (including phenoxy) is 3. The first-order valence-corrected chi connectivity index (χ1v) is 12.8. The molecule has 6 nitrogen and oxygen atoms in total. The number of aryl methyl sites for hydroxylation is 1. The van der Waals surface area contributed by atoms with E-state index in [1.54, 1.807) is 0 Å². The van der Waals surface area contributed by atoms with E-state index in [0.29, 0.717) is 37.9 Å². The molecule has 0 unspecified atom stereocenters. The normalized spacial score (nSPS) is 15.7. The first-order chi connectivity index (χ1) is 17.0. The van der Waals surface area contributed by atoms with Gasteiger partial charge in [-0.2, -0.15) is 0 Å². The number of carbonyl (C=O) groups is 1. The summed E-state index contributed by atoms with van der Waals surface area (Å²) in [4.78, 5) is 21.2. The highest BCUT2D eigenvalue weighted by Gasteiger charge is 2.28. The molecule has 1 aliphatic heterocycles. The van der Waals surface area contributed by atoms with Gasteiger partial charge in [-0.05, 0) is 94.7 Å². The number of hydrogen-bond acceptors (Lipinski definition) is 6. The highest BCUT2D eigenvalue weighted by atomic mass is 16.5. The number of hydrogen-bond donors (Lipinski definition) is 0. The van der Waals surface area contributed by atoms with Crippen molar-refractivity contribution >= 4 is 17.6 Å². The van der Waals surface area contributed by atoms with E-state index in [4.69, 9.17) is 19.2 Å². The molecular formula is C29H36N2O4. The molecule has 0 atom stereocenters. The average Bonchev–Trinajstić information content (AvgIpc) is 3.68. The van der Waals surface area contributed by atoms with Gasteiger partial charge in [-0.25, -0.2) is 4.99 Å². The minimum Gasteiger partial charge on any atom is -0.491 e. The molecule has 6 heteroatoms. The standard InChI is InChI=1S/C29H36N2O4/c1-5-33-28(32)10-6-8-25-20(4)23(15-16-30-25)26-9-7-17-34-29(31-26)22-13-14-27(35-19(2)3)24(18-22)21-11-12-21/h9,13-16,18-19,21H,5-8,10-12,17H2,1-4H3. The quantitative estimate of drug-likeness (QED) is 0.385. The van der Waals surface area contributed by atoms with Crippen LogP contribution in [0.4, 0.5) is 0 Å². The van der Waals surface area contributed by atoms with E-state index in [1.165, 1.54) is 18.4 Å². The predicted molar refractivity (Wildman–Crippen MR) is 138 cm³/mol. The van der Waals surface area contributed by atoms with E-state index < -0.39 is 0 Å². The second kappa shape index (κ2) is 11.5. The summed E-state index contributed by atoms with van der Waals surface area (Å²) in [7, 11) is 0. The Labute approximate surface area is 208 Å². The third-order valence-corrected chi connectivity index (χ3v) is 6.24. The smallest absolute Gasteiger partial charge is 0.305 e. The van der Waals surface area contributed by atoms with Crippen molar-refractivity contribution in [3.8, 4) is 5.75 Å². The summed E-state index contributed by atoms with van der Waals surface area (Å²) in [6.45, 7) is 9.02. The van der Waals surface area contributed by atoms with Gasteiger partial charge < -0.3 is 14.2 Å². The van der Waals surface area contributed by atoms with Gasteiger partial charge >= 0.3 is 5.97 Å². The fraction of sp³-hybridized carbons (Fsp3) is 0.483. The molecule has 0 N–H and O–H groups in total. The number of aliphatic imine (C=N–C) groups is 1. The molecule has 2 heterocycles. The lowest BCUT2D eigenvalue weighted by Gasteiger charge is -2.16. The van der Waals surface area contributed by atoms with Crippen LogP contribution in [0.1, 0.15) is 86.7 Å². The summed E-state index contributed by atoms with van der Waals surface area (Å²) in [5.74, 6) is 2.01. The van der Waals surface area contributed by atoms with Gasteiger partial charge in [0.15, 0.2) is 0 Å². The zero-order chi connectivity index (χ0) is 24.8. The summed E-state index contributed by atoms with van der Waals surface area (Å²) in [6.07, 6.45) is 9.12. The fourth-order valence-corrected chi connectivity index (χ4v) is 4.35. The van der Waals surface area contributed by atoms with E-state index in [2.05, 4.69) is 44.0 Å². The third kappa shape index (κ3) is 6.50. The van der Waals surface area contributed by atoms with Crippen molar-refractivity contribution in [3.63, 3.8) is 0 Å². The highest BCUT2D eigenvalue weighted by molar-refractivity contribution is 5.98. The number of nitrogens with zero attached hydrogens (tertiary/aromatic N) is 2. The Kier molecular flexibility index (Phi) is 8.21. The summed E-state index contributed by atoms with van der Waals surface area (Å²) in [5, 5.41) is 0. The Balaban J connectivity index is 1.57. The Morgan fingerprint density at radius 3 is 2.80 bits per heavy atom. The zero-order valence-electron chi connectivity index (χ0n) is 21.3. The summed E-state index contributed by atoms with van der Waals surface area (Å²) < 4.78 is 17.2. The van der Waals surface area contributed by atoms with Crippen molar-refractivity contribution in [1.29, 1.82) is 0 Å². The van der Waals surface area contributed by atoms with E-state index in [9.17, 15) is 4.79 Å². The van der Waals surface area contributed by atoms with Gasteiger partial charge in [0, 0.05) is 35.9 Å². The first kappa shape index (κ1) is 25.0. The number of benzene rings is 1. The van der Waals surface area contributed by atoms with Crippen molar-refractivity contribution in [2.24, 2.45) is 4.99 Å². The number of carbonyl (C=O) groups excluding carboxylic acids is 1. The lowest BCUT2D eigenvalue weighted by molar-refractivity contribution is -0.143. The van der Waals surface area contributed by atoms with Crippen molar-refractivity contribution in [2.45, 2.75) is 78.2 Å². The Morgan fingerprint density at radius 2 is 2.06 bits per heavy atom. The fourth-order valence-electron chi connectivity index (χ4n) is 4.35. The van der Waals surface area contributed by atoms with Gasteiger partial charge in [0.1, 0.15) is 5.75 Å². The Hall–Kier alpha value is -3.15. The van der Waals surface area contributed by atoms with Crippen LogP contribution in [0.5, 0.6) is 5.75 Å². The molecule has 2 aromatic rings. The number of esters is 1. The molecule has 1 fully saturated rings. The van der Waals surface area contributed by atoms with Crippen LogP contribution in [0.2, 0.25) is 0 Å². The number of pyridine rings is 1. The molecule has 0 radical (unpaired) electrons. The van der Waals surface area contributed by atoms with Crippen LogP contribution in [0.15, 0.2) is 41.5 Å². The minimum absolute atomic E-state index is 0.139. The van der Waals surface area contributed by atoms with Crippen LogP contribution in [-0.2, 0) is 20.7 Å². The highest BCUT2D eigenvalue weighted by Crippen LogP contribution is 2.45.